The van der Waals surface area contributed by atoms with Crippen LogP contribution in [0.5, 0.6) is 0 Å². The highest BCUT2D eigenvalue weighted by molar-refractivity contribution is 6.17. The summed E-state index contributed by atoms with van der Waals surface area (Å²) < 4.78 is 0. The Balaban J connectivity index is 1.78. The first-order valence-corrected chi connectivity index (χ1v) is 8.80. The Morgan fingerprint density at radius 3 is 2.50 bits per heavy atom. The van der Waals surface area contributed by atoms with Crippen LogP contribution in [0.1, 0.15) is 5.56 Å². The van der Waals surface area contributed by atoms with E-state index in [4.69, 9.17) is 0 Å². The van der Waals surface area contributed by atoms with Gasteiger partial charge in [-0.05, 0) is 23.8 Å². The van der Waals surface area contributed by atoms with Gasteiger partial charge in [0.05, 0.1) is 6.54 Å². The highest BCUT2D eigenvalue weighted by atomic mass is 16.2. The van der Waals surface area contributed by atoms with Crippen molar-refractivity contribution >= 4 is 29.2 Å². The van der Waals surface area contributed by atoms with Crippen LogP contribution in [0.25, 0.3) is 0 Å². The van der Waals surface area contributed by atoms with Gasteiger partial charge in [0.1, 0.15) is 0 Å². The maximum atomic E-state index is 12.9. The molecular formula is C21H22N4O3. The fraction of sp³-hybridized carbons (Fsp3) is 0.190. The molecule has 2 aromatic rings. The van der Waals surface area contributed by atoms with Gasteiger partial charge in [-0.3, -0.25) is 19.8 Å². The Morgan fingerprint density at radius 2 is 1.82 bits per heavy atom. The molecule has 0 bridgehead atoms. The number of urea groups is 1. The summed E-state index contributed by atoms with van der Waals surface area (Å²) in [4.78, 5) is 40.4. The zero-order valence-corrected chi connectivity index (χ0v) is 15.8. The number of carbonyl (C=O) groups is 3. The highest BCUT2D eigenvalue weighted by Crippen LogP contribution is 2.24. The van der Waals surface area contributed by atoms with Gasteiger partial charge in [0.2, 0.25) is 11.8 Å². The Labute approximate surface area is 163 Å². The zero-order chi connectivity index (χ0) is 20.3. The Hall–Kier alpha value is -3.61. The SMILES string of the molecule is C=C(Nc1cccc(N(C)C)c1)[C@@H]1C(=O)NC(=O)N(Cc2ccccc2)C1=O. The second-order valence-corrected chi connectivity index (χ2v) is 6.73. The van der Waals surface area contributed by atoms with E-state index in [1.54, 1.807) is 0 Å². The molecule has 1 atom stereocenters. The van der Waals surface area contributed by atoms with Crippen LogP contribution in [0.3, 0.4) is 0 Å². The molecule has 2 N–H and O–H groups in total. The second-order valence-electron chi connectivity index (χ2n) is 6.73. The first kappa shape index (κ1) is 19.2. The summed E-state index contributed by atoms with van der Waals surface area (Å²) in [5.41, 5.74) is 2.65. The van der Waals surface area contributed by atoms with Crippen LogP contribution in [0.2, 0.25) is 0 Å². The number of hydrogen-bond acceptors (Lipinski definition) is 5. The molecule has 0 spiro atoms. The molecule has 0 unspecified atom stereocenters. The number of barbiturate groups is 1. The summed E-state index contributed by atoms with van der Waals surface area (Å²) in [6.45, 7) is 3.95. The molecule has 1 saturated heterocycles. The maximum Gasteiger partial charge on any atom is 0.331 e. The first-order chi connectivity index (χ1) is 13.4. The van der Waals surface area contributed by atoms with E-state index >= 15 is 0 Å². The predicted octanol–water partition coefficient (Wildman–Crippen LogP) is 2.57. The number of carbonyl (C=O) groups excluding carboxylic acids is 3. The molecule has 3 rings (SSSR count). The molecule has 0 aromatic heterocycles. The summed E-state index contributed by atoms with van der Waals surface area (Å²) in [6.07, 6.45) is 0. The van der Waals surface area contributed by atoms with Gasteiger partial charge in [-0.2, -0.15) is 0 Å². The number of rotatable bonds is 6. The fourth-order valence-electron chi connectivity index (χ4n) is 2.96. The maximum absolute atomic E-state index is 12.9. The molecule has 1 fully saturated rings. The van der Waals surface area contributed by atoms with Crippen molar-refractivity contribution in [2.45, 2.75) is 6.54 Å². The van der Waals surface area contributed by atoms with Crippen LogP contribution in [0, 0.1) is 5.92 Å². The van der Waals surface area contributed by atoms with Gasteiger partial charge in [0, 0.05) is 31.2 Å². The van der Waals surface area contributed by atoms with E-state index in [2.05, 4.69) is 17.2 Å². The summed E-state index contributed by atoms with van der Waals surface area (Å²) in [6, 6.07) is 15.9. The predicted molar refractivity (Wildman–Crippen MR) is 108 cm³/mol. The number of anilines is 2. The number of imide groups is 2. The smallest absolute Gasteiger partial charge is 0.331 e. The Bertz CT molecular complexity index is 924. The minimum Gasteiger partial charge on any atom is -0.378 e. The van der Waals surface area contributed by atoms with Crippen LogP contribution in [-0.2, 0) is 16.1 Å². The van der Waals surface area contributed by atoms with Gasteiger partial charge in [-0.25, -0.2) is 4.79 Å². The van der Waals surface area contributed by atoms with Gasteiger partial charge in [0.25, 0.3) is 0 Å². The number of benzene rings is 2. The fourth-order valence-corrected chi connectivity index (χ4v) is 2.96. The van der Waals surface area contributed by atoms with Gasteiger partial charge in [-0.15, -0.1) is 0 Å². The third kappa shape index (κ3) is 4.03. The molecule has 4 amide bonds. The standard InChI is InChI=1S/C21H22N4O3/c1-14(22-16-10-7-11-17(12-16)24(2)3)18-19(26)23-21(28)25(20(18)27)13-15-8-5-4-6-9-15/h4-12,18,22H,1,13H2,2-3H3,(H,23,26,28)/t18-/m1/s1. The van der Waals surface area contributed by atoms with Crippen molar-refractivity contribution in [2.24, 2.45) is 5.92 Å². The molecule has 1 aliphatic rings. The Morgan fingerprint density at radius 1 is 1.11 bits per heavy atom. The van der Waals surface area contributed by atoms with Crippen LogP contribution in [0.4, 0.5) is 16.2 Å². The lowest BCUT2D eigenvalue weighted by molar-refractivity contribution is -0.141. The Kier molecular flexibility index (Phi) is 5.44. The minimum absolute atomic E-state index is 0.0820. The number of hydrogen-bond donors (Lipinski definition) is 2. The third-order valence-corrected chi connectivity index (χ3v) is 4.45. The van der Waals surface area contributed by atoms with Crippen LogP contribution >= 0.6 is 0 Å². The average molecular weight is 378 g/mol. The number of nitrogens with zero attached hydrogens (tertiary/aromatic N) is 2. The van der Waals surface area contributed by atoms with Crippen molar-refractivity contribution in [3.05, 3.63) is 72.4 Å². The molecule has 1 aliphatic heterocycles. The largest absolute Gasteiger partial charge is 0.378 e. The number of amides is 4. The third-order valence-electron chi connectivity index (χ3n) is 4.45. The lowest BCUT2D eigenvalue weighted by Gasteiger charge is -2.31. The normalized spacial score (nSPS) is 16.6. The molecule has 1 heterocycles. The van der Waals surface area contributed by atoms with Crippen molar-refractivity contribution in [1.82, 2.24) is 10.2 Å². The second kappa shape index (κ2) is 7.96. The molecule has 0 radical (unpaired) electrons. The lowest BCUT2D eigenvalue weighted by Crippen LogP contribution is -2.58. The average Bonchev–Trinajstić information content (AvgIpc) is 2.66. The molecule has 2 aromatic carbocycles. The molecule has 7 nitrogen and oxygen atoms in total. The summed E-state index contributed by atoms with van der Waals surface area (Å²) >= 11 is 0. The molecular weight excluding hydrogens is 356 g/mol. The van der Waals surface area contributed by atoms with Crippen LogP contribution < -0.4 is 15.5 Å². The minimum atomic E-state index is -1.19. The summed E-state index contributed by atoms with van der Waals surface area (Å²) in [5, 5.41) is 5.27. The topological polar surface area (TPSA) is 81.8 Å². The number of nitrogens with one attached hydrogen (secondary N) is 2. The zero-order valence-electron chi connectivity index (χ0n) is 15.8. The summed E-state index contributed by atoms with van der Waals surface area (Å²) in [5.74, 6) is -2.47. The summed E-state index contributed by atoms with van der Waals surface area (Å²) in [7, 11) is 3.83. The molecule has 0 saturated carbocycles. The van der Waals surface area contributed by atoms with E-state index < -0.39 is 23.8 Å². The van der Waals surface area contributed by atoms with E-state index in [0.29, 0.717) is 5.69 Å². The van der Waals surface area contributed by atoms with E-state index in [1.807, 2.05) is 73.6 Å². The van der Waals surface area contributed by atoms with Crippen molar-refractivity contribution < 1.29 is 14.4 Å². The molecule has 28 heavy (non-hydrogen) atoms. The lowest BCUT2D eigenvalue weighted by atomic mass is 10.0. The highest BCUT2D eigenvalue weighted by Gasteiger charge is 2.42. The van der Waals surface area contributed by atoms with Crippen molar-refractivity contribution in [2.75, 3.05) is 24.3 Å². The van der Waals surface area contributed by atoms with E-state index in [9.17, 15) is 14.4 Å². The molecule has 7 heteroatoms. The van der Waals surface area contributed by atoms with E-state index in [1.165, 1.54) is 0 Å². The first-order valence-electron chi connectivity index (χ1n) is 8.80. The van der Waals surface area contributed by atoms with E-state index in [-0.39, 0.29) is 12.2 Å². The van der Waals surface area contributed by atoms with Gasteiger partial charge >= 0.3 is 6.03 Å². The van der Waals surface area contributed by atoms with Crippen molar-refractivity contribution in [1.29, 1.82) is 0 Å². The van der Waals surface area contributed by atoms with Gasteiger partial charge in [-0.1, -0.05) is 43.0 Å². The molecule has 144 valence electrons. The molecule has 0 aliphatic carbocycles. The van der Waals surface area contributed by atoms with Gasteiger partial charge < -0.3 is 10.2 Å². The van der Waals surface area contributed by atoms with Crippen molar-refractivity contribution in [3.63, 3.8) is 0 Å². The van der Waals surface area contributed by atoms with Gasteiger partial charge in [0.15, 0.2) is 5.92 Å². The quantitative estimate of drug-likeness (QED) is 0.755. The van der Waals surface area contributed by atoms with Crippen LogP contribution in [0.15, 0.2) is 66.9 Å². The van der Waals surface area contributed by atoms with Crippen LogP contribution in [-0.4, -0.2) is 36.8 Å². The monoisotopic (exact) mass is 378 g/mol. The van der Waals surface area contributed by atoms with Crippen molar-refractivity contribution in [3.8, 4) is 0 Å². The van der Waals surface area contributed by atoms with E-state index in [0.717, 1.165) is 16.2 Å².